The van der Waals surface area contributed by atoms with Gasteiger partial charge in [-0.3, -0.25) is 14.5 Å². The van der Waals surface area contributed by atoms with E-state index in [1.165, 1.54) is 16.2 Å². The van der Waals surface area contributed by atoms with Crippen LogP contribution in [0.4, 0.5) is 5.13 Å². The fraction of sp³-hybridized carbons (Fsp3) is 0.233. The summed E-state index contributed by atoms with van der Waals surface area (Å²) in [5.74, 6) is 0.0731. The first-order valence-electron chi connectivity index (χ1n) is 12.7. The zero-order chi connectivity index (χ0) is 27.5. The number of ketones is 1. The first kappa shape index (κ1) is 26.2. The predicted molar refractivity (Wildman–Crippen MR) is 151 cm³/mol. The summed E-state index contributed by atoms with van der Waals surface area (Å²) < 4.78 is 17.5. The standard InChI is InChI=1S/C30H28N2O6S/c1-4-15-38-21-8-6-7-19(16-21)26-25(27(33)18-9-11-20(36-3)12-10-18)28(34)29(35)32(26)30-31-23-14-13-22(37-5-2)17-24(23)39-30/h6-14,16-17,26,33H,4-5,15H2,1-3H3/b27-25+. The van der Waals surface area contributed by atoms with Gasteiger partial charge >= 0.3 is 5.91 Å². The number of carbonyl (C=O) groups excluding carboxylic acids is 2. The van der Waals surface area contributed by atoms with Gasteiger partial charge in [-0.25, -0.2) is 4.98 Å². The van der Waals surface area contributed by atoms with Gasteiger partial charge in [0, 0.05) is 5.56 Å². The van der Waals surface area contributed by atoms with Gasteiger partial charge in [0.15, 0.2) is 5.13 Å². The Kier molecular flexibility index (Phi) is 7.51. The average molecular weight is 545 g/mol. The largest absolute Gasteiger partial charge is 0.507 e. The molecule has 0 bridgehead atoms. The quantitative estimate of drug-likeness (QED) is 0.154. The molecule has 1 unspecified atom stereocenters. The number of rotatable bonds is 9. The molecular weight excluding hydrogens is 516 g/mol. The molecule has 4 aromatic rings. The fourth-order valence-corrected chi connectivity index (χ4v) is 5.52. The molecule has 9 heteroatoms. The van der Waals surface area contributed by atoms with Crippen LogP contribution in [0.15, 0.2) is 72.3 Å². The Bertz CT molecular complexity index is 1560. The Morgan fingerprint density at radius 3 is 2.44 bits per heavy atom. The molecule has 1 fully saturated rings. The van der Waals surface area contributed by atoms with Gasteiger partial charge < -0.3 is 19.3 Å². The molecule has 3 aromatic carbocycles. The number of aromatic nitrogens is 1. The lowest BCUT2D eigenvalue weighted by atomic mass is 9.95. The van der Waals surface area contributed by atoms with Crippen molar-refractivity contribution < 1.29 is 28.9 Å². The van der Waals surface area contributed by atoms with Crippen LogP contribution in [0.25, 0.3) is 16.0 Å². The number of aliphatic hydroxyl groups is 1. The van der Waals surface area contributed by atoms with E-state index in [-0.39, 0.29) is 11.3 Å². The van der Waals surface area contributed by atoms with E-state index >= 15 is 0 Å². The third-order valence-electron chi connectivity index (χ3n) is 6.32. The van der Waals surface area contributed by atoms with Crippen molar-refractivity contribution >= 4 is 44.1 Å². The molecule has 0 radical (unpaired) electrons. The van der Waals surface area contributed by atoms with Crippen molar-refractivity contribution in [2.45, 2.75) is 26.3 Å². The topological polar surface area (TPSA) is 98.2 Å². The molecule has 0 aliphatic carbocycles. The minimum atomic E-state index is -0.913. The number of ether oxygens (including phenoxy) is 3. The highest BCUT2D eigenvalue weighted by Gasteiger charge is 2.48. The van der Waals surface area contributed by atoms with Gasteiger partial charge in [-0.05, 0) is 73.5 Å². The number of anilines is 1. The van der Waals surface area contributed by atoms with Crippen LogP contribution in [0.3, 0.4) is 0 Å². The minimum absolute atomic E-state index is 0.0212. The lowest BCUT2D eigenvalue weighted by molar-refractivity contribution is -0.132. The van der Waals surface area contributed by atoms with E-state index in [2.05, 4.69) is 4.98 Å². The van der Waals surface area contributed by atoms with E-state index in [1.807, 2.05) is 44.2 Å². The van der Waals surface area contributed by atoms with Gasteiger partial charge in [0.1, 0.15) is 23.0 Å². The molecule has 0 spiro atoms. The molecule has 5 rings (SSSR count). The molecule has 1 amide bonds. The Hall–Kier alpha value is -4.37. The highest BCUT2D eigenvalue weighted by atomic mass is 32.1. The van der Waals surface area contributed by atoms with Crippen LogP contribution in [-0.4, -0.2) is 42.1 Å². The van der Waals surface area contributed by atoms with Gasteiger partial charge in [-0.2, -0.15) is 0 Å². The highest BCUT2D eigenvalue weighted by molar-refractivity contribution is 7.22. The van der Waals surface area contributed by atoms with Crippen LogP contribution in [0, 0.1) is 0 Å². The first-order chi connectivity index (χ1) is 18.9. The average Bonchev–Trinajstić information content (AvgIpc) is 3.49. The summed E-state index contributed by atoms with van der Waals surface area (Å²) in [5.41, 5.74) is 1.66. The van der Waals surface area contributed by atoms with Crippen molar-refractivity contribution in [2.24, 2.45) is 0 Å². The number of fused-ring (bicyclic) bond motifs is 1. The number of benzene rings is 3. The van der Waals surface area contributed by atoms with E-state index in [1.54, 1.807) is 43.5 Å². The predicted octanol–water partition coefficient (Wildman–Crippen LogP) is 6.12. The Labute approximate surface area is 230 Å². The first-order valence-corrected chi connectivity index (χ1v) is 13.5. The van der Waals surface area contributed by atoms with Crippen LogP contribution < -0.4 is 19.1 Å². The van der Waals surface area contributed by atoms with Crippen LogP contribution in [-0.2, 0) is 9.59 Å². The van der Waals surface area contributed by atoms with Gasteiger partial charge in [-0.1, -0.05) is 30.4 Å². The van der Waals surface area contributed by atoms with E-state index in [0.29, 0.717) is 52.2 Å². The maximum Gasteiger partial charge on any atom is 0.301 e. The van der Waals surface area contributed by atoms with Crippen molar-refractivity contribution in [2.75, 3.05) is 25.2 Å². The molecule has 2 heterocycles. The summed E-state index contributed by atoms with van der Waals surface area (Å²) in [4.78, 5) is 33.1. The monoisotopic (exact) mass is 544 g/mol. The number of amides is 1. The second-order valence-electron chi connectivity index (χ2n) is 8.88. The normalized spacial score (nSPS) is 16.6. The Morgan fingerprint density at radius 2 is 1.72 bits per heavy atom. The molecule has 0 saturated carbocycles. The third kappa shape index (κ3) is 5.05. The molecular formula is C30H28N2O6S. The van der Waals surface area contributed by atoms with Crippen molar-refractivity contribution in [1.82, 2.24) is 4.98 Å². The molecule has 8 nitrogen and oxygen atoms in total. The smallest absolute Gasteiger partial charge is 0.301 e. The van der Waals surface area contributed by atoms with Crippen LogP contribution in [0.5, 0.6) is 17.2 Å². The number of nitrogens with zero attached hydrogens (tertiary/aromatic N) is 2. The SMILES string of the molecule is CCCOc1cccc(C2/C(=C(\O)c3ccc(OC)cc3)C(=O)C(=O)N2c2nc3ccc(OCC)cc3s2)c1. The number of thiazole rings is 1. The number of aliphatic hydroxyl groups excluding tert-OH is 1. The zero-order valence-corrected chi connectivity index (χ0v) is 22.7. The molecule has 1 saturated heterocycles. The number of Topliss-reactive ketones (excluding diaryl/α,β-unsaturated/α-hetero) is 1. The van der Waals surface area contributed by atoms with Gasteiger partial charge in [0.25, 0.3) is 5.78 Å². The maximum absolute atomic E-state index is 13.6. The molecule has 1 N–H and O–H groups in total. The minimum Gasteiger partial charge on any atom is -0.507 e. The van der Waals surface area contributed by atoms with Crippen LogP contribution >= 0.6 is 11.3 Å². The molecule has 1 aliphatic heterocycles. The number of methoxy groups -OCH3 is 1. The van der Waals surface area contributed by atoms with Gasteiger partial charge in [0.05, 0.1) is 42.2 Å². The lowest BCUT2D eigenvalue weighted by Crippen LogP contribution is -2.29. The molecule has 39 heavy (non-hydrogen) atoms. The van der Waals surface area contributed by atoms with Crippen molar-refractivity contribution in [3.05, 3.63) is 83.4 Å². The summed E-state index contributed by atoms with van der Waals surface area (Å²) in [5, 5.41) is 11.7. The summed E-state index contributed by atoms with van der Waals surface area (Å²) in [6, 6.07) is 18.5. The number of hydrogen-bond acceptors (Lipinski definition) is 8. The third-order valence-corrected chi connectivity index (χ3v) is 7.34. The maximum atomic E-state index is 13.6. The molecule has 1 aliphatic rings. The van der Waals surface area contributed by atoms with E-state index in [0.717, 1.165) is 11.1 Å². The summed E-state index contributed by atoms with van der Waals surface area (Å²) >= 11 is 1.28. The zero-order valence-electron chi connectivity index (χ0n) is 21.8. The van der Waals surface area contributed by atoms with E-state index < -0.39 is 17.7 Å². The van der Waals surface area contributed by atoms with Crippen LogP contribution in [0.2, 0.25) is 0 Å². The highest BCUT2D eigenvalue weighted by Crippen LogP contribution is 2.45. The fourth-order valence-electron chi connectivity index (χ4n) is 4.50. The van der Waals surface area contributed by atoms with Crippen molar-refractivity contribution in [1.29, 1.82) is 0 Å². The van der Waals surface area contributed by atoms with E-state index in [9.17, 15) is 14.7 Å². The van der Waals surface area contributed by atoms with Crippen molar-refractivity contribution in [3.63, 3.8) is 0 Å². The summed E-state index contributed by atoms with van der Waals surface area (Å²) in [7, 11) is 1.54. The number of carbonyl (C=O) groups is 2. The second kappa shape index (κ2) is 11.2. The number of hydrogen-bond donors (Lipinski definition) is 1. The summed E-state index contributed by atoms with van der Waals surface area (Å²) in [6.07, 6.45) is 0.829. The molecule has 1 aromatic heterocycles. The Morgan fingerprint density at radius 1 is 0.974 bits per heavy atom. The molecule has 200 valence electrons. The van der Waals surface area contributed by atoms with E-state index in [4.69, 9.17) is 14.2 Å². The van der Waals surface area contributed by atoms with Crippen molar-refractivity contribution in [3.8, 4) is 17.2 Å². The lowest BCUT2D eigenvalue weighted by Gasteiger charge is -2.23. The van der Waals surface area contributed by atoms with Crippen LogP contribution in [0.1, 0.15) is 37.4 Å². The Balaban J connectivity index is 1.67. The second-order valence-corrected chi connectivity index (χ2v) is 9.89. The molecule has 1 atom stereocenters. The van der Waals surface area contributed by atoms with Gasteiger partial charge in [0.2, 0.25) is 0 Å². The summed E-state index contributed by atoms with van der Waals surface area (Å²) in [6.45, 7) is 4.96. The van der Waals surface area contributed by atoms with Gasteiger partial charge in [-0.15, -0.1) is 0 Å².